The van der Waals surface area contributed by atoms with Crippen molar-refractivity contribution in [3.8, 4) is 0 Å². The lowest BCUT2D eigenvalue weighted by atomic mass is 10.7. The second kappa shape index (κ2) is 2.84. The molecule has 0 aliphatic rings. The van der Waals surface area contributed by atoms with E-state index >= 15 is 0 Å². The third kappa shape index (κ3) is 1.25. The van der Waals surface area contributed by atoms with E-state index in [2.05, 4.69) is 4.98 Å². The minimum absolute atomic E-state index is 0.0725. The van der Waals surface area contributed by atoms with Crippen molar-refractivity contribution in [1.82, 2.24) is 9.55 Å². The standard InChI is InChI=1S/C5H5F2N3O2/c1-3-8-2-4(10(11)12)9(3)5(6)7/h2,5H,1H3. The van der Waals surface area contributed by atoms with Crippen molar-refractivity contribution in [2.45, 2.75) is 13.5 Å². The maximum Gasteiger partial charge on any atom is 0.389 e. The molecule has 1 heterocycles. The van der Waals surface area contributed by atoms with Gasteiger partial charge < -0.3 is 10.1 Å². The molecule has 0 fully saturated rings. The van der Waals surface area contributed by atoms with Gasteiger partial charge in [-0.25, -0.2) is 4.98 Å². The van der Waals surface area contributed by atoms with Crippen molar-refractivity contribution in [1.29, 1.82) is 0 Å². The van der Waals surface area contributed by atoms with E-state index in [-0.39, 0.29) is 10.4 Å². The zero-order valence-corrected chi connectivity index (χ0v) is 6.07. The molecule has 12 heavy (non-hydrogen) atoms. The molecule has 0 bridgehead atoms. The molecule has 0 unspecified atom stereocenters. The predicted molar refractivity (Wildman–Crippen MR) is 34.9 cm³/mol. The predicted octanol–water partition coefficient (Wildman–Crippen LogP) is 1.49. The summed E-state index contributed by atoms with van der Waals surface area (Å²) < 4.78 is 24.5. The fraction of sp³-hybridized carbons (Fsp3) is 0.400. The summed E-state index contributed by atoms with van der Waals surface area (Å²) in [5.41, 5.74) is 0. The van der Waals surface area contributed by atoms with Gasteiger partial charge in [-0.15, -0.1) is 4.57 Å². The Morgan fingerprint density at radius 2 is 2.33 bits per heavy atom. The normalized spacial score (nSPS) is 10.7. The summed E-state index contributed by atoms with van der Waals surface area (Å²) in [6, 6.07) is 0. The van der Waals surface area contributed by atoms with E-state index in [4.69, 9.17) is 0 Å². The topological polar surface area (TPSA) is 61.0 Å². The number of nitro groups is 1. The zero-order chi connectivity index (χ0) is 9.30. The van der Waals surface area contributed by atoms with Gasteiger partial charge in [-0.3, -0.25) is 0 Å². The lowest BCUT2D eigenvalue weighted by Crippen LogP contribution is -2.04. The average molecular weight is 177 g/mol. The molecule has 0 saturated carbocycles. The maximum atomic E-state index is 12.1. The summed E-state index contributed by atoms with van der Waals surface area (Å²) in [5, 5.41) is 10.2. The summed E-state index contributed by atoms with van der Waals surface area (Å²) in [6.07, 6.45) is 0.807. The van der Waals surface area contributed by atoms with Gasteiger partial charge in [0.05, 0.1) is 0 Å². The van der Waals surface area contributed by atoms with E-state index in [0.717, 1.165) is 6.20 Å². The van der Waals surface area contributed by atoms with Crippen LogP contribution in [0.4, 0.5) is 14.6 Å². The van der Waals surface area contributed by atoms with E-state index in [1.54, 1.807) is 0 Å². The van der Waals surface area contributed by atoms with Gasteiger partial charge in [-0.1, -0.05) is 0 Å². The Bertz CT molecular complexity index is 310. The van der Waals surface area contributed by atoms with Gasteiger partial charge in [-0.05, 0) is 4.92 Å². The van der Waals surface area contributed by atoms with Gasteiger partial charge in [0, 0.05) is 6.92 Å². The average Bonchev–Trinajstić information content (AvgIpc) is 2.30. The van der Waals surface area contributed by atoms with E-state index in [9.17, 15) is 18.9 Å². The first kappa shape index (κ1) is 8.57. The Hall–Kier alpha value is -1.53. The second-order valence-electron chi connectivity index (χ2n) is 2.07. The molecule has 5 nitrogen and oxygen atoms in total. The molecule has 7 heteroatoms. The number of nitrogens with zero attached hydrogens (tertiary/aromatic N) is 3. The Balaban J connectivity index is 3.21. The van der Waals surface area contributed by atoms with Gasteiger partial charge in [-0.2, -0.15) is 8.78 Å². The summed E-state index contributed by atoms with van der Waals surface area (Å²) in [6.45, 7) is -1.65. The fourth-order valence-electron chi connectivity index (χ4n) is 0.818. The summed E-state index contributed by atoms with van der Waals surface area (Å²) in [7, 11) is 0. The van der Waals surface area contributed by atoms with Gasteiger partial charge >= 0.3 is 12.4 Å². The Morgan fingerprint density at radius 1 is 1.75 bits per heavy atom. The minimum Gasteiger partial charge on any atom is -0.358 e. The van der Waals surface area contributed by atoms with E-state index in [1.165, 1.54) is 6.92 Å². The molecule has 0 N–H and O–H groups in total. The molecule has 1 aromatic heterocycles. The number of hydrogen-bond acceptors (Lipinski definition) is 3. The molecule has 1 aromatic rings. The van der Waals surface area contributed by atoms with Crippen molar-refractivity contribution >= 4 is 5.82 Å². The largest absolute Gasteiger partial charge is 0.389 e. The summed E-state index contributed by atoms with van der Waals surface area (Å²) >= 11 is 0. The Kier molecular flexibility index (Phi) is 2.03. The van der Waals surface area contributed by atoms with E-state index in [1.807, 2.05) is 0 Å². The van der Waals surface area contributed by atoms with Crippen molar-refractivity contribution in [3.05, 3.63) is 22.1 Å². The molecule has 0 aromatic carbocycles. The molecule has 0 aliphatic carbocycles. The number of aromatic nitrogens is 2. The van der Waals surface area contributed by atoms with Crippen LogP contribution < -0.4 is 0 Å². The highest BCUT2D eigenvalue weighted by atomic mass is 19.3. The molecule has 0 spiro atoms. The van der Waals surface area contributed by atoms with Crippen LogP contribution in [0.3, 0.4) is 0 Å². The van der Waals surface area contributed by atoms with Gasteiger partial charge in [0.2, 0.25) is 0 Å². The fourth-order valence-corrected chi connectivity index (χ4v) is 0.818. The van der Waals surface area contributed by atoms with Crippen LogP contribution in [0.25, 0.3) is 0 Å². The van der Waals surface area contributed by atoms with Crippen LogP contribution in [-0.2, 0) is 0 Å². The van der Waals surface area contributed by atoms with Crippen LogP contribution in [0.5, 0.6) is 0 Å². The number of halogens is 2. The highest BCUT2D eigenvalue weighted by molar-refractivity contribution is 5.18. The van der Waals surface area contributed by atoms with Crippen molar-refractivity contribution in [2.75, 3.05) is 0 Å². The SMILES string of the molecule is Cc1ncc([N+](=O)[O-])n1C(F)F. The van der Waals surface area contributed by atoms with Crippen molar-refractivity contribution in [3.63, 3.8) is 0 Å². The van der Waals surface area contributed by atoms with Crippen LogP contribution in [-0.4, -0.2) is 14.5 Å². The minimum atomic E-state index is -2.92. The quantitative estimate of drug-likeness (QED) is 0.507. The Morgan fingerprint density at radius 3 is 2.67 bits per heavy atom. The number of rotatable bonds is 2. The van der Waals surface area contributed by atoms with Crippen molar-refractivity contribution in [2.24, 2.45) is 0 Å². The molecule has 0 saturated heterocycles. The molecule has 0 atom stereocenters. The molecule has 66 valence electrons. The summed E-state index contributed by atoms with van der Waals surface area (Å²) in [5.74, 6) is -0.765. The van der Waals surface area contributed by atoms with Gasteiger partial charge in [0.15, 0.2) is 5.82 Å². The third-order valence-electron chi connectivity index (χ3n) is 1.34. The lowest BCUT2D eigenvalue weighted by molar-refractivity contribution is -0.394. The van der Waals surface area contributed by atoms with Crippen LogP contribution in [0.2, 0.25) is 0 Å². The van der Waals surface area contributed by atoms with E-state index < -0.39 is 17.3 Å². The van der Waals surface area contributed by atoms with Crippen LogP contribution >= 0.6 is 0 Å². The Labute approximate surface area is 65.8 Å². The first-order chi connectivity index (χ1) is 5.54. The number of hydrogen-bond donors (Lipinski definition) is 0. The molecule has 1 rings (SSSR count). The van der Waals surface area contributed by atoms with Crippen LogP contribution in [0.1, 0.15) is 12.4 Å². The zero-order valence-electron chi connectivity index (χ0n) is 6.07. The number of imidazole rings is 1. The molecular weight excluding hydrogens is 172 g/mol. The first-order valence-electron chi connectivity index (χ1n) is 3.00. The number of alkyl halides is 2. The lowest BCUT2D eigenvalue weighted by Gasteiger charge is -1.98. The first-order valence-corrected chi connectivity index (χ1v) is 3.00. The third-order valence-corrected chi connectivity index (χ3v) is 1.34. The molecule has 0 aliphatic heterocycles. The smallest absolute Gasteiger partial charge is 0.358 e. The monoisotopic (exact) mass is 177 g/mol. The highest BCUT2D eigenvalue weighted by Gasteiger charge is 2.24. The molecule has 0 radical (unpaired) electrons. The van der Waals surface area contributed by atoms with Crippen LogP contribution in [0, 0.1) is 17.0 Å². The highest BCUT2D eigenvalue weighted by Crippen LogP contribution is 2.21. The molecular formula is C5H5F2N3O2. The second-order valence-corrected chi connectivity index (χ2v) is 2.07. The van der Waals surface area contributed by atoms with Crippen LogP contribution in [0.15, 0.2) is 6.20 Å². The summed E-state index contributed by atoms with van der Waals surface area (Å²) in [4.78, 5) is 12.7. The van der Waals surface area contributed by atoms with Gasteiger partial charge in [0.25, 0.3) is 0 Å². The number of aryl methyl sites for hydroxylation is 1. The maximum absolute atomic E-state index is 12.1. The van der Waals surface area contributed by atoms with E-state index in [0.29, 0.717) is 0 Å². The molecule has 0 amide bonds. The van der Waals surface area contributed by atoms with Gasteiger partial charge in [0.1, 0.15) is 6.20 Å². The van der Waals surface area contributed by atoms with Crippen molar-refractivity contribution < 1.29 is 13.7 Å².